The molecule has 6 heteroatoms. The monoisotopic (exact) mass is 384 g/mol. The molecule has 1 amide bonds. The van der Waals surface area contributed by atoms with Gasteiger partial charge in [-0.1, -0.05) is 48.5 Å². The molecule has 0 saturated carbocycles. The van der Waals surface area contributed by atoms with Crippen molar-refractivity contribution in [3.63, 3.8) is 0 Å². The molecule has 0 unspecified atom stereocenters. The van der Waals surface area contributed by atoms with Gasteiger partial charge < -0.3 is 9.88 Å². The highest BCUT2D eigenvalue weighted by atomic mass is 32.2. The van der Waals surface area contributed by atoms with Crippen molar-refractivity contribution in [2.45, 2.75) is 43.5 Å². The van der Waals surface area contributed by atoms with Gasteiger partial charge in [0.2, 0.25) is 5.91 Å². The molecule has 3 aromatic rings. The van der Waals surface area contributed by atoms with Crippen LogP contribution < -0.4 is 5.32 Å². The van der Waals surface area contributed by atoms with Crippen molar-refractivity contribution in [3.05, 3.63) is 66.4 Å². The van der Waals surface area contributed by atoms with Gasteiger partial charge in [-0.3, -0.25) is 4.79 Å². The first-order chi connectivity index (χ1) is 12.7. The van der Waals surface area contributed by atoms with Crippen LogP contribution in [0.5, 0.6) is 0 Å². The number of sulfone groups is 1. The van der Waals surface area contributed by atoms with Crippen LogP contribution in [0.2, 0.25) is 0 Å². The van der Waals surface area contributed by atoms with E-state index in [1.54, 1.807) is 29.0 Å². The lowest BCUT2D eigenvalue weighted by Crippen LogP contribution is -2.42. The fraction of sp³-hybridized carbons (Fsp3) is 0.286. The van der Waals surface area contributed by atoms with E-state index < -0.39 is 9.84 Å². The van der Waals surface area contributed by atoms with Crippen LogP contribution in [0.1, 0.15) is 26.3 Å². The van der Waals surface area contributed by atoms with Crippen LogP contribution in [0.4, 0.5) is 0 Å². The molecule has 2 aromatic carbocycles. The van der Waals surface area contributed by atoms with Gasteiger partial charge in [0.05, 0.1) is 10.6 Å². The molecule has 0 saturated heterocycles. The smallest absolute Gasteiger partial charge is 0.240 e. The maximum Gasteiger partial charge on any atom is 0.240 e. The van der Waals surface area contributed by atoms with Gasteiger partial charge in [-0.05, 0) is 32.4 Å². The van der Waals surface area contributed by atoms with Crippen molar-refractivity contribution < 1.29 is 13.2 Å². The number of para-hydroxylation sites is 1. The second-order valence-corrected chi connectivity index (χ2v) is 9.64. The van der Waals surface area contributed by atoms with Crippen LogP contribution in [0.25, 0.3) is 10.9 Å². The lowest BCUT2D eigenvalue weighted by molar-refractivity contribution is -0.123. The van der Waals surface area contributed by atoms with Gasteiger partial charge in [-0.15, -0.1) is 0 Å². The summed E-state index contributed by atoms with van der Waals surface area (Å²) >= 11 is 0. The van der Waals surface area contributed by atoms with E-state index in [0.717, 1.165) is 11.1 Å². The molecular formula is C21H24N2O3S. The summed E-state index contributed by atoms with van der Waals surface area (Å²) in [6.07, 6.45) is 1.57. The molecule has 0 bridgehead atoms. The summed E-state index contributed by atoms with van der Waals surface area (Å²) in [6.45, 7) is 5.80. The Bertz CT molecular complexity index is 1060. The zero-order valence-electron chi connectivity index (χ0n) is 15.8. The number of hydrogen-bond acceptors (Lipinski definition) is 3. The fourth-order valence-electron chi connectivity index (χ4n) is 3.08. The Labute approximate surface area is 159 Å². The first-order valence-corrected chi connectivity index (χ1v) is 10.5. The molecule has 0 radical (unpaired) electrons. The Morgan fingerprint density at radius 2 is 1.63 bits per heavy atom. The number of benzene rings is 2. The molecular weight excluding hydrogens is 360 g/mol. The van der Waals surface area contributed by atoms with Crippen LogP contribution in [0, 0.1) is 0 Å². The first kappa shape index (κ1) is 19.2. The number of rotatable bonds is 5. The molecule has 0 aliphatic heterocycles. The molecule has 142 valence electrons. The summed E-state index contributed by atoms with van der Waals surface area (Å²) in [7, 11) is -3.54. The summed E-state index contributed by atoms with van der Waals surface area (Å²) < 4.78 is 27.8. The third-order valence-electron chi connectivity index (χ3n) is 4.11. The maximum atomic E-state index is 13.0. The van der Waals surface area contributed by atoms with E-state index in [1.165, 1.54) is 0 Å². The number of amides is 1. The van der Waals surface area contributed by atoms with Crippen LogP contribution >= 0.6 is 0 Å². The Kier molecular flexibility index (Phi) is 5.11. The predicted octanol–water partition coefficient (Wildman–Crippen LogP) is 3.53. The van der Waals surface area contributed by atoms with E-state index in [-0.39, 0.29) is 28.6 Å². The van der Waals surface area contributed by atoms with E-state index in [4.69, 9.17) is 0 Å². The molecule has 1 heterocycles. The summed E-state index contributed by atoms with van der Waals surface area (Å²) in [4.78, 5) is 12.6. The summed E-state index contributed by atoms with van der Waals surface area (Å²) in [5.41, 5.74) is 1.12. The fourth-order valence-corrected chi connectivity index (χ4v) is 4.66. The van der Waals surface area contributed by atoms with Crippen molar-refractivity contribution in [1.29, 1.82) is 0 Å². The molecule has 0 aliphatic rings. The molecule has 0 spiro atoms. The average Bonchev–Trinajstić information content (AvgIpc) is 2.93. The average molecular weight is 385 g/mol. The van der Waals surface area contributed by atoms with Gasteiger partial charge in [0.1, 0.15) is 6.54 Å². The Morgan fingerprint density at radius 1 is 1.00 bits per heavy atom. The summed E-state index contributed by atoms with van der Waals surface area (Å²) in [6, 6.07) is 16.4. The minimum Gasteiger partial charge on any atom is -0.350 e. The van der Waals surface area contributed by atoms with Gasteiger partial charge >= 0.3 is 0 Å². The Hall–Kier alpha value is -2.60. The minimum absolute atomic E-state index is 0.0681. The second kappa shape index (κ2) is 7.19. The molecule has 0 aliphatic carbocycles. The highest BCUT2D eigenvalue weighted by molar-refractivity contribution is 7.90. The molecule has 1 N–H and O–H groups in total. The normalized spacial score (nSPS) is 12.3. The number of carbonyl (C=O) groups is 1. The predicted molar refractivity (Wildman–Crippen MR) is 107 cm³/mol. The van der Waals surface area contributed by atoms with Crippen LogP contribution in [0.3, 0.4) is 0 Å². The molecule has 27 heavy (non-hydrogen) atoms. The number of carbonyl (C=O) groups excluding carboxylic acids is 1. The zero-order valence-corrected chi connectivity index (χ0v) is 16.6. The van der Waals surface area contributed by atoms with Crippen LogP contribution in [-0.2, 0) is 26.9 Å². The Morgan fingerprint density at radius 3 is 2.30 bits per heavy atom. The SMILES string of the molecule is CC(C)(C)NC(=O)Cn1cc(S(=O)(=O)Cc2ccccc2)c2ccccc21. The van der Waals surface area contributed by atoms with Crippen molar-refractivity contribution >= 4 is 26.6 Å². The van der Waals surface area contributed by atoms with E-state index in [9.17, 15) is 13.2 Å². The highest BCUT2D eigenvalue weighted by Crippen LogP contribution is 2.28. The standard InChI is InChI=1S/C21H24N2O3S/c1-21(2,3)22-20(24)14-23-13-19(17-11-7-8-12-18(17)23)27(25,26)15-16-9-5-4-6-10-16/h4-13H,14-15H2,1-3H3,(H,22,24). The van der Waals surface area contributed by atoms with E-state index in [2.05, 4.69) is 5.32 Å². The molecule has 0 fully saturated rings. The summed E-state index contributed by atoms with van der Waals surface area (Å²) in [5.74, 6) is -0.231. The third kappa shape index (κ3) is 4.57. The van der Waals surface area contributed by atoms with Crippen LogP contribution in [-0.4, -0.2) is 24.4 Å². The number of nitrogens with one attached hydrogen (secondary N) is 1. The van der Waals surface area contributed by atoms with Gasteiger partial charge in [0, 0.05) is 22.6 Å². The topological polar surface area (TPSA) is 68.2 Å². The van der Waals surface area contributed by atoms with Crippen LogP contribution in [0.15, 0.2) is 65.7 Å². The van der Waals surface area contributed by atoms with Crippen molar-refractivity contribution in [3.8, 4) is 0 Å². The lowest BCUT2D eigenvalue weighted by Gasteiger charge is -2.20. The molecule has 5 nitrogen and oxygen atoms in total. The van der Waals surface area contributed by atoms with Crippen molar-refractivity contribution in [2.75, 3.05) is 0 Å². The van der Waals surface area contributed by atoms with E-state index >= 15 is 0 Å². The van der Waals surface area contributed by atoms with E-state index in [1.807, 2.05) is 57.2 Å². The van der Waals surface area contributed by atoms with Gasteiger partial charge in [-0.25, -0.2) is 8.42 Å². The maximum absolute atomic E-state index is 13.0. The van der Waals surface area contributed by atoms with E-state index in [0.29, 0.717) is 5.39 Å². The molecule has 0 atom stereocenters. The number of hydrogen-bond donors (Lipinski definition) is 1. The van der Waals surface area contributed by atoms with Gasteiger partial charge in [-0.2, -0.15) is 0 Å². The number of fused-ring (bicyclic) bond motifs is 1. The zero-order chi connectivity index (χ0) is 19.7. The third-order valence-corrected chi connectivity index (χ3v) is 5.82. The highest BCUT2D eigenvalue weighted by Gasteiger charge is 2.23. The number of aromatic nitrogens is 1. The largest absolute Gasteiger partial charge is 0.350 e. The lowest BCUT2D eigenvalue weighted by atomic mass is 10.1. The summed E-state index contributed by atoms with van der Waals surface area (Å²) in [5, 5.41) is 3.55. The first-order valence-electron chi connectivity index (χ1n) is 8.81. The quantitative estimate of drug-likeness (QED) is 0.732. The van der Waals surface area contributed by atoms with Crippen molar-refractivity contribution in [2.24, 2.45) is 0 Å². The van der Waals surface area contributed by atoms with Gasteiger partial charge in [0.25, 0.3) is 0 Å². The minimum atomic E-state index is -3.54. The Balaban J connectivity index is 1.98. The van der Waals surface area contributed by atoms with Crippen molar-refractivity contribution in [1.82, 2.24) is 9.88 Å². The molecule has 1 aromatic heterocycles. The van der Waals surface area contributed by atoms with Gasteiger partial charge in [0.15, 0.2) is 9.84 Å². The molecule has 3 rings (SSSR count). The second-order valence-electron chi connectivity index (χ2n) is 7.68. The number of nitrogens with zero attached hydrogens (tertiary/aromatic N) is 1.